The molecular formula is C19H20N2O2S. The van der Waals surface area contributed by atoms with E-state index in [1.54, 1.807) is 24.4 Å². The maximum absolute atomic E-state index is 12.7. The summed E-state index contributed by atoms with van der Waals surface area (Å²) in [5.74, 6) is 0.414. The van der Waals surface area contributed by atoms with Crippen LogP contribution in [0.4, 0.5) is 5.69 Å². The number of hydrogen-bond acceptors (Lipinski definition) is 3. The summed E-state index contributed by atoms with van der Waals surface area (Å²) in [6.07, 6.45) is 2.67. The highest BCUT2D eigenvalue weighted by molar-refractivity contribution is 7.92. The molecule has 0 aliphatic carbocycles. The third-order valence-electron chi connectivity index (χ3n) is 4.25. The summed E-state index contributed by atoms with van der Waals surface area (Å²) in [4.78, 5) is 4.53. The van der Waals surface area contributed by atoms with Crippen molar-refractivity contribution >= 4 is 26.6 Å². The Balaban J connectivity index is 1.93. The second-order valence-corrected chi connectivity index (χ2v) is 7.55. The van der Waals surface area contributed by atoms with Gasteiger partial charge >= 0.3 is 0 Å². The molecule has 124 valence electrons. The Bertz CT molecular complexity index is 945. The van der Waals surface area contributed by atoms with Crippen LogP contribution in [-0.4, -0.2) is 13.4 Å². The van der Waals surface area contributed by atoms with Gasteiger partial charge < -0.3 is 0 Å². The second kappa shape index (κ2) is 6.61. The van der Waals surface area contributed by atoms with E-state index in [0.717, 1.165) is 17.4 Å². The topological polar surface area (TPSA) is 59.1 Å². The van der Waals surface area contributed by atoms with Crippen LogP contribution >= 0.6 is 0 Å². The lowest BCUT2D eigenvalue weighted by molar-refractivity contribution is 0.601. The predicted octanol–water partition coefficient (Wildman–Crippen LogP) is 4.55. The molecule has 0 spiro atoms. The summed E-state index contributed by atoms with van der Waals surface area (Å²) in [7, 11) is -3.64. The lowest BCUT2D eigenvalue weighted by Crippen LogP contribution is -2.13. The highest BCUT2D eigenvalue weighted by atomic mass is 32.2. The molecule has 2 aromatic carbocycles. The van der Waals surface area contributed by atoms with Gasteiger partial charge in [0.25, 0.3) is 10.0 Å². The highest BCUT2D eigenvalue weighted by Gasteiger charge is 2.16. The first-order chi connectivity index (χ1) is 11.5. The molecule has 0 unspecified atom stereocenters. The van der Waals surface area contributed by atoms with Gasteiger partial charge in [0, 0.05) is 11.6 Å². The van der Waals surface area contributed by atoms with Gasteiger partial charge in [-0.1, -0.05) is 44.2 Å². The molecule has 0 radical (unpaired) electrons. The fraction of sp³-hybridized carbons (Fsp3) is 0.211. The van der Waals surface area contributed by atoms with E-state index in [9.17, 15) is 8.42 Å². The number of anilines is 1. The number of aromatic nitrogens is 1. The van der Waals surface area contributed by atoms with Crippen LogP contribution < -0.4 is 4.72 Å². The Kier molecular flexibility index (Phi) is 4.53. The van der Waals surface area contributed by atoms with Crippen LogP contribution in [0.1, 0.15) is 31.7 Å². The Labute approximate surface area is 142 Å². The third kappa shape index (κ3) is 3.26. The quantitative estimate of drug-likeness (QED) is 0.741. The summed E-state index contributed by atoms with van der Waals surface area (Å²) in [6, 6.07) is 16.2. The number of nitrogens with zero attached hydrogens (tertiary/aromatic N) is 1. The van der Waals surface area contributed by atoms with E-state index in [0.29, 0.717) is 17.1 Å². The molecular weight excluding hydrogens is 320 g/mol. The van der Waals surface area contributed by atoms with Gasteiger partial charge in [-0.15, -0.1) is 0 Å². The smallest absolute Gasteiger partial charge is 0.261 e. The lowest BCUT2D eigenvalue weighted by Gasteiger charge is -2.12. The second-order valence-electron chi connectivity index (χ2n) is 5.86. The minimum Gasteiger partial charge on any atom is -0.277 e. The molecule has 0 bridgehead atoms. The third-order valence-corrected chi connectivity index (χ3v) is 5.63. The lowest BCUT2D eigenvalue weighted by atomic mass is 9.99. The predicted molar refractivity (Wildman–Crippen MR) is 97.7 cm³/mol. The van der Waals surface area contributed by atoms with E-state index in [4.69, 9.17) is 0 Å². The minimum atomic E-state index is -3.64. The summed E-state index contributed by atoms with van der Waals surface area (Å²) < 4.78 is 28.0. The Morgan fingerprint density at radius 2 is 1.75 bits per heavy atom. The van der Waals surface area contributed by atoms with E-state index < -0.39 is 10.0 Å². The first-order valence-electron chi connectivity index (χ1n) is 7.98. The zero-order valence-electron chi connectivity index (χ0n) is 13.7. The molecule has 3 aromatic rings. The van der Waals surface area contributed by atoms with Gasteiger partial charge in [-0.25, -0.2) is 8.42 Å². The standard InChI is InChI=1S/C19H20N2O2S/c1-3-14(2)15-9-11-17(12-10-15)24(22,23)21-18-8-4-6-16-7-5-13-20-19(16)18/h4-14,21H,3H2,1-2H3/t14-/m0/s1. The minimum absolute atomic E-state index is 0.252. The summed E-state index contributed by atoms with van der Waals surface area (Å²) in [5.41, 5.74) is 2.27. The molecule has 0 amide bonds. The van der Waals surface area contributed by atoms with Crippen LogP contribution in [0.3, 0.4) is 0 Å². The van der Waals surface area contributed by atoms with Gasteiger partial charge in [-0.3, -0.25) is 9.71 Å². The first kappa shape index (κ1) is 16.5. The molecule has 5 heteroatoms. The molecule has 3 rings (SSSR count). The van der Waals surface area contributed by atoms with Gasteiger partial charge in [0.05, 0.1) is 16.1 Å². The van der Waals surface area contributed by atoms with Crippen molar-refractivity contribution in [1.82, 2.24) is 4.98 Å². The van der Waals surface area contributed by atoms with Crippen molar-refractivity contribution < 1.29 is 8.42 Å². The highest BCUT2D eigenvalue weighted by Crippen LogP contribution is 2.25. The SMILES string of the molecule is CC[C@H](C)c1ccc(S(=O)(=O)Nc2cccc3cccnc23)cc1. The molecule has 1 aromatic heterocycles. The van der Waals surface area contributed by atoms with Crippen molar-refractivity contribution in [1.29, 1.82) is 0 Å². The largest absolute Gasteiger partial charge is 0.277 e. The number of rotatable bonds is 5. The summed E-state index contributed by atoms with van der Waals surface area (Å²) in [6.45, 7) is 4.24. The number of pyridine rings is 1. The fourth-order valence-electron chi connectivity index (χ4n) is 2.60. The van der Waals surface area contributed by atoms with Crippen molar-refractivity contribution in [3.8, 4) is 0 Å². The first-order valence-corrected chi connectivity index (χ1v) is 9.46. The van der Waals surface area contributed by atoms with Crippen LogP contribution in [0.5, 0.6) is 0 Å². The van der Waals surface area contributed by atoms with E-state index in [1.165, 1.54) is 0 Å². The van der Waals surface area contributed by atoms with Crippen LogP contribution in [0.2, 0.25) is 0 Å². The van der Waals surface area contributed by atoms with Crippen LogP contribution in [0.25, 0.3) is 10.9 Å². The Morgan fingerprint density at radius 3 is 2.46 bits per heavy atom. The van der Waals surface area contributed by atoms with Crippen LogP contribution in [-0.2, 0) is 10.0 Å². The van der Waals surface area contributed by atoms with Crippen molar-refractivity contribution in [2.45, 2.75) is 31.1 Å². The molecule has 0 fully saturated rings. The maximum atomic E-state index is 12.7. The average Bonchev–Trinajstić information content (AvgIpc) is 2.61. The number of fused-ring (bicyclic) bond motifs is 1. The molecule has 0 aliphatic rings. The zero-order chi connectivity index (χ0) is 17.2. The number of para-hydroxylation sites is 1. The van der Waals surface area contributed by atoms with Gasteiger partial charge in [0.1, 0.15) is 0 Å². The Hall–Kier alpha value is -2.40. The maximum Gasteiger partial charge on any atom is 0.261 e. The van der Waals surface area contributed by atoms with Gasteiger partial charge in [0.2, 0.25) is 0 Å². The van der Waals surface area contributed by atoms with E-state index in [1.807, 2.05) is 36.4 Å². The van der Waals surface area contributed by atoms with Crippen molar-refractivity contribution in [3.63, 3.8) is 0 Å². The number of nitrogens with one attached hydrogen (secondary N) is 1. The van der Waals surface area contributed by atoms with Gasteiger partial charge in [0.15, 0.2) is 0 Å². The van der Waals surface area contributed by atoms with Gasteiger partial charge in [-0.2, -0.15) is 0 Å². The van der Waals surface area contributed by atoms with E-state index in [2.05, 4.69) is 23.6 Å². The van der Waals surface area contributed by atoms with Crippen molar-refractivity contribution in [2.75, 3.05) is 4.72 Å². The molecule has 24 heavy (non-hydrogen) atoms. The van der Waals surface area contributed by atoms with Crippen molar-refractivity contribution in [3.05, 3.63) is 66.4 Å². The summed E-state index contributed by atoms with van der Waals surface area (Å²) in [5, 5.41) is 0.893. The number of hydrogen-bond donors (Lipinski definition) is 1. The fourth-order valence-corrected chi connectivity index (χ4v) is 3.67. The molecule has 1 N–H and O–H groups in total. The molecule has 0 saturated heterocycles. The number of benzene rings is 2. The Morgan fingerprint density at radius 1 is 1.04 bits per heavy atom. The van der Waals surface area contributed by atoms with Crippen LogP contribution in [0, 0.1) is 0 Å². The normalized spacial score (nSPS) is 12.9. The van der Waals surface area contributed by atoms with Crippen molar-refractivity contribution in [2.24, 2.45) is 0 Å². The van der Waals surface area contributed by atoms with E-state index >= 15 is 0 Å². The molecule has 0 aliphatic heterocycles. The van der Waals surface area contributed by atoms with E-state index in [-0.39, 0.29) is 4.90 Å². The van der Waals surface area contributed by atoms with Gasteiger partial charge in [-0.05, 0) is 42.2 Å². The number of sulfonamides is 1. The molecule has 1 atom stereocenters. The average molecular weight is 340 g/mol. The molecule has 4 nitrogen and oxygen atoms in total. The monoisotopic (exact) mass is 340 g/mol. The zero-order valence-corrected chi connectivity index (χ0v) is 14.5. The summed E-state index contributed by atoms with van der Waals surface area (Å²) >= 11 is 0. The van der Waals surface area contributed by atoms with Crippen LogP contribution in [0.15, 0.2) is 65.7 Å². The molecule has 0 saturated carbocycles. The molecule has 1 heterocycles.